The van der Waals surface area contributed by atoms with Gasteiger partial charge in [-0.3, -0.25) is 9.59 Å². The molecule has 3 rings (SSSR count). The minimum Gasteiger partial charge on any atom is -0.457 e. The molecule has 0 aliphatic heterocycles. The Bertz CT molecular complexity index is 967. The number of nitrogens with zero attached hydrogens (tertiary/aromatic N) is 2. The van der Waals surface area contributed by atoms with Gasteiger partial charge in [0.15, 0.2) is 18.3 Å². The van der Waals surface area contributed by atoms with Gasteiger partial charge in [0.05, 0.1) is 12.5 Å². The van der Waals surface area contributed by atoms with Crippen molar-refractivity contribution in [1.82, 2.24) is 9.97 Å². The second kappa shape index (κ2) is 7.28. The zero-order chi connectivity index (χ0) is 17.8. The van der Waals surface area contributed by atoms with Gasteiger partial charge in [-0.1, -0.05) is 18.2 Å². The Balaban J connectivity index is 1.60. The van der Waals surface area contributed by atoms with Gasteiger partial charge in [-0.2, -0.15) is 5.26 Å². The van der Waals surface area contributed by atoms with Crippen molar-refractivity contribution in [3.05, 3.63) is 52.1 Å². The molecule has 3 aromatic rings. The highest BCUT2D eigenvalue weighted by molar-refractivity contribution is 7.09. The molecule has 2 heterocycles. The lowest BCUT2D eigenvalue weighted by molar-refractivity contribution is -0.147. The third-order valence-electron chi connectivity index (χ3n) is 3.72. The molecule has 0 aliphatic carbocycles. The molecule has 0 bridgehead atoms. The van der Waals surface area contributed by atoms with Gasteiger partial charge in [0, 0.05) is 28.2 Å². The summed E-state index contributed by atoms with van der Waals surface area (Å²) >= 11 is 1.25. The molecule has 0 aliphatic rings. The maximum absolute atomic E-state index is 12.2. The number of Topliss-reactive ketones (excluding diaryl/α,β-unsaturated/α-hetero) is 1. The smallest absolute Gasteiger partial charge is 0.310 e. The highest BCUT2D eigenvalue weighted by Crippen LogP contribution is 2.21. The first-order valence-corrected chi connectivity index (χ1v) is 8.51. The van der Waals surface area contributed by atoms with Gasteiger partial charge in [0.1, 0.15) is 5.01 Å². The van der Waals surface area contributed by atoms with Crippen LogP contribution in [0.25, 0.3) is 10.9 Å². The van der Waals surface area contributed by atoms with Crippen molar-refractivity contribution in [2.75, 3.05) is 6.61 Å². The number of aromatic nitrogens is 2. The number of nitrogens with one attached hydrogen (secondary N) is 1. The number of para-hydroxylation sites is 1. The molecule has 2 aromatic heterocycles. The molecule has 25 heavy (non-hydrogen) atoms. The molecule has 1 N–H and O–H groups in total. The maximum atomic E-state index is 12.2. The van der Waals surface area contributed by atoms with Crippen molar-refractivity contribution in [2.45, 2.75) is 19.3 Å². The van der Waals surface area contributed by atoms with Gasteiger partial charge in [-0.25, -0.2) is 4.98 Å². The van der Waals surface area contributed by atoms with Gasteiger partial charge >= 0.3 is 5.97 Å². The zero-order valence-electron chi connectivity index (χ0n) is 13.5. The summed E-state index contributed by atoms with van der Waals surface area (Å²) in [7, 11) is 0. The van der Waals surface area contributed by atoms with Crippen LogP contribution in [0.3, 0.4) is 0 Å². The van der Waals surface area contributed by atoms with Gasteiger partial charge < -0.3 is 9.72 Å². The number of nitriles is 1. The van der Waals surface area contributed by atoms with E-state index in [2.05, 4.69) is 9.97 Å². The molecular formula is C18H15N3O3S. The highest BCUT2D eigenvalue weighted by Gasteiger charge is 2.24. The monoisotopic (exact) mass is 353 g/mol. The number of aryl methyl sites for hydroxylation is 1. The van der Waals surface area contributed by atoms with Crippen LogP contribution < -0.4 is 0 Å². The Hall–Kier alpha value is -2.98. The number of aromatic amines is 1. The van der Waals surface area contributed by atoms with E-state index in [1.165, 1.54) is 11.3 Å². The number of H-pyrrole nitrogens is 1. The Morgan fingerprint density at radius 2 is 2.20 bits per heavy atom. The number of hydrogen-bond donors (Lipinski definition) is 1. The lowest BCUT2D eigenvalue weighted by atomic mass is 10.1. The number of ketones is 1. The van der Waals surface area contributed by atoms with E-state index in [4.69, 9.17) is 4.74 Å². The normalized spacial score (nSPS) is 11.8. The van der Waals surface area contributed by atoms with Gasteiger partial charge in [0.25, 0.3) is 0 Å². The Kier molecular flexibility index (Phi) is 4.91. The molecule has 0 unspecified atom stereocenters. The van der Waals surface area contributed by atoms with E-state index in [1.807, 2.05) is 30.3 Å². The van der Waals surface area contributed by atoms with E-state index in [1.54, 1.807) is 18.5 Å². The number of fused-ring (bicyclic) bond motifs is 1. The van der Waals surface area contributed by atoms with Crippen LogP contribution in [0.15, 0.2) is 35.8 Å². The lowest BCUT2D eigenvalue weighted by Crippen LogP contribution is -2.20. The van der Waals surface area contributed by atoms with Gasteiger partial charge in [-0.15, -0.1) is 11.3 Å². The second-order valence-corrected chi connectivity index (χ2v) is 6.44. The fraction of sp³-hybridized carbons (Fsp3) is 0.222. The number of thiazole rings is 1. The summed E-state index contributed by atoms with van der Waals surface area (Å²) in [4.78, 5) is 31.4. The predicted molar refractivity (Wildman–Crippen MR) is 93.2 cm³/mol. The molecule has 126 valence electrons. The second-order valence-electron chi connectivity index (χ2n) is 5.55. The molecule has 0 radical (unpaired) electrons. The van der Waals surface area contributed by atoms with Crippen LogP contribution in [-0.2, 0) is 20.7 Å². The highest BCUT2D eigenvalue weighted by atomic mass is 32.1. The molecular weight excluding hydrogens is 338 g/mol. The zero-order valence-corrected chi connectivity index (χ0v) is 14.3. The number of esters is 1. The predicted octanol–water partition coefficient (Wildman–Crippen LogP) is 2.90. The summed E-state index contributed by atoms with van der Waals surface area (Å²) in [6.45, 7) is 1.36. The fourth-order valence-electron chi connectivity index (χ4n) is 2.49. The van der Waals surface area contributed by atoms with Crippen molar-refractivity contribution in [1.29, 1.82) is 5.26 Å². The fourth-order valence-corrected chi connectivity index (χ4v) is 3.35. The van der Waals surface area contributed by atoms with Gasteiger partial charge in [-0.05, 0) is 18.6 Å². The van der Waals surface area contributed by atoms with Crippen molar-refractivity contribution < 1.29 is 14.3 Å². The summed E-state index contributed by atoms with van der Waals surface area (Å²) in [6, 6.07) is 9.55. The summed E-state index contributed by atoms with van der Waals surface area (Å²) in [6.07, 6.45) is 1.81. The average Bonchev–Trinajstić information content (AvgIpc) is 3.21. The Labute approximate surface area is 148 Å². The van der Waals surface area contributed by atoms with Crippen LogP contribution in [-0.4, -0.2) is 28.3 Å². The van der Waals surface area contributed by atoms with Crippen LogP contribution in [0.2, 0.25) is 0 Å². The Morgan fingerprint density at radius 3 is 2.92 bits per heavy atom. The molecule has 0 saturated heterocycles. The molecule has 1 aromatic carbocycles. The largest absolute Gasteiger partial charge is 0.457 e. The number of hydrogen-bond acceptors (Lipinski definition) is 6. The topological polar surface area (TPSA) is 95.8 Å². The van der Waals surface area contributed by atoms with Crippen LogP contribution >= 0.6 is 11.3 Å². The molecule has 0 spiro atoms. The number of benzene rings is 1. The maximum Gasteiger partial charge on any atom is 0.310 e. The molecule has 6 nitrogen and oxygen atoms in total. The first-order valence-electron chi connectivity index (χ1n) is 7.63. The van der Waals surface area contributed by atoms with E-state index in [0.717, 1.165) is 22.2 Å². The molecule has 0 amide bonds. The summed E-state index contributed by atoms with van der Waals surface area (Å²) < 4.78 is 5.06. The van der Waals surface area contributed by atoms with E-state index in [0.29, 0.717) is 5.01 Å². The Morgan fingerprint density at radius 1 is 1.40 bits per heavy atom. The van der Waals surface area contributed by atoms with Crippen LogP contribution in [0.5, 0.6) is 0 Å². The average molecular weight is 353 g/mol. The van der Waals surface area contributed by atoms with Crippen molar-refractivity contribution in [3.8, 4) is 6.07 Å². The minimum atomic E-state index is -1.00. The molecule has 0 saturated carbocycles. The summed E-state index contributed by atoms with van der Waals surface area (Å²) in [5.41, 5.74) is 2.50. The standard InChI is InChI=1S/C18H15N3O3S/c1-11-10-25-18(21-11)14(7-19)16(22)9-24-17(23)6-12-8-20-15-5-3-2-4-13(12)15/h2-5,8,10,14,20H,6,9H2,1H3/t14-/m0/s1. The van der Waals surface area contributed by atoms with Gasteiger partial charge in [0.2, 0.25) is 0 Å². The first kappa shape index (κ1) is 16.9. The van der Waals surface area contributed by atoms with Crippen molar-refractivity contribution in [3.63, 3.8) is 0 Å². The molecule has 1 atom stereocenters. The third-order valence-corrected chi connectivity index (χ3v) is 4.75. The summed E-state index contributed by atoms with van der Waals surface area (Å²) in [5.74, 6) is -1.98. The first-order chi connectivity index (χ1) is 12.1. The van der Waals surface area contributed by atoms with Crippen LogP contribution in [0.4, 0.5) is 0 Å². The van der Waals surface area contributed by atoms with Crippen LogP contribution in [0, 0.1) is 18.3 Å². The summed E-state index contributed by atoms with van der Waals surface area (Å²) in [5, 5.41) is 12.3. The molecule has 0 fully saturated rings. The van der Waals surface area contributed by atoms with Crippen molar-refractivity contribution >= 4 is 34.0 Å². The van der Waals surface area contributed by atoms with E-state index < -0.39 is 24.3 Å². The van der Waals surface area contributed by atoms with Crippen molar-refractivity contribution in [2.24, 2.45) is 0 Å². The number of rotatable bonds is 6. The third kappa shape index (κ3) is 3.75. The van der Waals surface area contributed by atoms with Crippen LogP contribution in [0.1, 0.15) is 22.2 Å². The molecule has 7 heteroatoms. The van der Waals surface area contributed by atoms with E-state index in [9.17, 15) is 14.9 Å². The minimum absolute atomic E-state index is 0.0604. The number of carbonyl (C=O) groups excluding carboxylic acids is 2. The van der Waals surface area contributed by atoms with E-state index >= 15 is 0 Å². The number of ether oxygens (including phenoxy) is 1. The SMILES string of the molecule is Cc1csc([C@@H](C#N)C(=O)COC(=O)Cc2c[nH]c3ccccc23)n1. The van der Waals surface area contributed by atoms with E-state index in [-0.39, 0.29) is 6.42 Å². The lowest BCUT2D eigenvalue weighted by Gasteiger charge is -2.06. The quantitative estimate of drug-likeness (QED) is 0.687. The number of carbonyl (C=O) groups is 2.